The molecular formula is C19H14BrN5. The zero-order valence-electron chi connectivity index (χ0n) is 13.1. The highest BCUT2D eigenvalue weighted by molar-refractivity contribution is 9.10. The maximum Gasteiger partial charge on any atom is 0.229 e. The van der Waals surface area contributed by atoms with Gasteiger partial charge in [0, 0.05) is 27.9 Å². The number of nitrogens with one attached hydrogen (secondary N) is 2. The minimum Gasteiger partial charge on any atom is -0.340 e. The topological polar surface area (TPSA) is 62.7 Å². The number of pyridine rings is 1. The quantitative estimate of drug-likeness (QED) is 0.495. The summed E-state index contributed by atoms with van der Waals surface area (Å²) >= 11 is 3.47. The molecule has 0 radical (unpaired) electrons. The van der Waals surface area contributed by atoms with Crippen molar-refractivity contribution in [1.29, 1.82) is 0 Å². The molecule has 0 fully saturated rings. The Morgan fingerprint density at radius 2 is 1.68 bits per heavy atom. The third kappa shape index (κ3) is 3.59. The molecule has 6 heteroatoms. The Hall–Kier alpha value is -2.99. The molecular weight excluding hydrogens is 378 g/mol. The highest BCUT2D eigenvalue weighted by Crippen LogP contribution is 2.24. The Morgan fingerprint density at radius 3 is 2.60 bits per heavy atom. The molecule has 2 aromatic carbocycles. The molecule has 0 atom stereocenters. The van der Waals surface area contributed by atoms with Crippen molar-refractivity contribution in [2.24, 2.45) is 0 Å². The van der Waals surface area contributed by atoms with Gasteiger partial charge in [0.05, 0.1) is 11.2 Å². The average Bonchev–Trinajstić information content (AvgIpc) is 2.62. The second-order valence-corrected chi connectivity index (χ2v) is 6.32. The van der Waals surface area contributed by atoms with E-state index in [4.69, 9.17) is 0 Å². The zero-order chi connectivity index (χ0) is 17.1. The number of rotatable bonds is 4. The molecule has 0 amide bonds. The summed E-state index contributed by atoms with van der Waals surface area (Å²) in [5.74, 6) is 1.22. The van der Waals surface area contributed by atoms with Crippen LogP contribution in [-0.2, 0) is 0 Å². The maximum atomic E-state index is 4.52. The Labute approximate surface area is 153 Å². The number of anilines is 4. The summed E-state index contributed by atoms with van der Waals surface area (Å²) in [7, 11) is 0. The summed E-state index contributed by atoms with van der Waals surface area (Å²) in [5.41, 5.74) is 2.71. The minimum absolute atomic E-state index is 0.512. The van der Waals surface area contributed by atoms with Crippen molar-refractivity contribution in [2.45, 2.75) is 0 Å². The maximum absolute atomic E-state index is 4.52. The van der Waals surface area contributed by atoms with Gasteiger partial charge in [-0.3, -0.25) is 4.98 Å². The van der Waals surface area contributed by atoms with E-state index in [1.807, 2.05) is 60.7 Å². The molecule has 2 N–H and O–H groups in total. The van der Waals surface area contributed by atoms with Gasteiger partial charge in [0.1, 0.15) is 5.82 Å². The van der Waals surface area contributed by atoms with Gasteiger partial charge in [-0.15, -0.1) is 0 Å². The zero-order valence-corrected chi connectivity index (χ0v) is 14.7. The van der Waals surface area contributed by atoms with Crippen molar-refractivity contribution in [1.82, 2.24) is 15.0 Å². The fourth-order valence-corrected chi connectivity index (χ4v) is 2.93. The minimum atomic E-state index is 0.512. The first-order valence-electron chi connectivity index (χ1n) is 7.74. The summed E-state index contributed by atoms with van der Waals surface area (Å²) in [5, 5.41) is 7.59. The standard InChI is InChI=1S/C19H14BrN5/c20-14-6-2-7-15(12-14)23-17-9-11-22-19(25-17)24-16-8-1-4-13-5-3-10-21-18(13)16/h1-12H,(H2,22,23,24,25). The summed E-state index contributed by atoms with van der Waals surface area (Å²) in [6.45, 7) is 0. The number of hydrogen-bond acceptors (Lipinski definition) is 5. The van der Waals surface area contributed by atoms with Crippen molar-refractivity contribution in [2.75, 3.05) is 10.6 Å². The van der Waals surface area contributed by atoms with Crippen molar-refractivity contribution in [3.8, 4) is 0 Å². The third-order valence-corrected chi connectivity index (χ3v) is 4.13. The molecule has 0 aliphatic rings. The summed E-state index contributed by atoms with van der Waals surface area (Å²) < 4.78 is 1.01. The van der Waals surface area contributed by atoms with Gasteiger partial charge in [-0.25, -0.2) is 4.98 Å². The van der Waals surface area contributed by atoms with E-state index in [1.54, 1.807) is 12.4 Å². The third-order valence-electron chi connectivity index (χ3n) is 3.63. The molecule has 122 valence electrons. The molecule has 0 aliphatic carbocycles. The van der Waals surface area contributed by atoms with Crippen LogP contribution in [0.3, 0.4) is 0 Å². The molecule has 2 heterocycles. The molecule has 0 saturated heterocycles. The Morgan fingerprint density at radius 1 is 0.800 bits per heavy atom. The Bertz CT molecular complexity index is 1030. The monoisotopic (exact) mass is 391 g/mol. The predicted octanol–water partition coefficient (Wildman–Crippen LogP) is 5.27. The van der Waals surface area contributed by atoms with Gasteiger partial charge in [-0.1, -0.05) is 40.2 Å². The fourth-order valence-electron chi connectivity index (χ4n) is 2.53. The lowest BCUT2D eigenvalue weighted by Crippen LogP contribution is -2.01. The van der Waals surface area contributed by atoms with Crippen LogP contribution in [0.2, 0.25) is 0 Å². The van der Waals surface area contributed by atoms with E-state index < -0.39 is 0 Å². The van der Waals surface area contributed by atoms with Gasteiger partial charge in [-0.05, 0) is 36.4 Å². The molecule has 0 saturated carbocycles. The van der Waals surface area contributed by atoms with Crippen LogP contribution in [0, 0.1) is 0 Å². The van der Waals surface area contributed by atoms with Gasteiger partial charge in [0.25, 0.3) is 0 Å². The predicted molar refractivity (Wildman–Crippen MR) is 104 cm³/mol. The lowest BCUT2D eigenvalue weighted by molar-refractivity contribution is 1.17. The SMILES string of the molecule is Brc1cccc(Nc2ccnc(Nc3cccc4cccnc34)n2)c1. The molecule has 0 aliphatic heterocycles. The van der Waals surface area contributed by atoms with Crippen LogP contribution >= 0.6 is 15.9 Å². The lowest BCUT2D eigenvalue weighted by Gasteiger charge is -2.10. The van der Waals surface area contributed by atoms with E-state index >= 15 is 0 Å². The molecule has 2 aromatic heterocycles. The van der Waals surface area contributed by atoms with Gasteiger partial charge in [-0.2, -0.15) is 4.98 Å². The van der Waals surface area contributed by atoms with Gasteiger partial charge >= 0.3 is 0 Å². The van der Waals surface area contributed by atoms with Crippen LogP contribution in [0.25, 0.3) is 10.9 Å². The number of nitrogens with zero attached hydrogens (tertiary/aromatic N) is 3. The normalized spacial score (nSPS) is 10.6. The van der Waals surface area contributed by atoms with Crippen molar-refractivity contribution < 1.29 is 0 Å². The largest absolute Gasteiger partial charge is 0.340 e. The molecule has 0 spiro atoms. The first-order valence-corrected chi connectivity index (χ1v) is 8.54. The number of benzene rings is 2. The molecule has 0 unspecified atom stereocenters. The van der Waals surface area contributed by atoms with Gasteiger partial charge < -0.3 is 10.6 Å². The molecule has 4 aromatic rings. The molecule has 0 bridgehead atoms. The van der Waals surface area contributed by atoms with Crippen LogP contribution in [0.1, 0.15) is 0 Å². The molecule has 5 nitrogen and oxygen atoms in total. The second-order valence-electron chi connectivity index (χ2n) is 5.41. The fraction of sp³-hybridized carbons (Fsp3) is 0. The van der Waals surface area contributed by atoms with E-state index in [-0.39, 0.29) is 0 Å². The second kappa shape index (κ2) is 6.86. The number of fused-ring (bicyclic) bond motifs is 1. The van der Waals surface area contributed by atoms with Crippen molar-refractivity contribution >= 4 is 50.0 Å². The molecule has 25 heavy (non-hydrogen) atoms. The van der Waals surface area contributed by atoms with Crippen LogP contribution in [0.4, 0.5) is 23.1 Å². The van der Waals surface area contributed by atoms with E-state index in [0.717, 1.165) is 26.8 Å². The van der Waals surface area contributed by atoms with Crippen molar-refractivity contribution in [3.05, 3.63) is 77.5 Å². The van der Waals surface area contributed by atoms with Crippen molar-refractivity contribution in [3.63, 3.8) is 0 Å². The van der Waals surface area contributed by atoms with Crippen LogP contribution in [-0.4, -0.2) is 15.0 Å². The Balaban J connectivity index is 1.61. The lowest BCUT2D eigenvalue weighted by atomic mass is 10.2. The van der Waals surface area contributed by atoms with Crippen LogP contribution in [0.15, 0.2) is 77.5 Å². The number of hydrogen-bond donors (Lipinski definition) is 2. The summed E-state index contributed by atoms with van der Waals surface area (Å²) in [6, 6.07) is 19.7. The van der Waals surface area contributed by atoms with Crippen LogP contribution < -0.4 is 10.6 Å². The smallest absolute Gasteiger partial charge is 0.229 e. The van der Waals surface area contributed by atoms with Crippen LogP contribution in [0.5, 0.6) is 0 Å². The number of para-hydroxylation sites is 1. The van der Waals surface area contributed by atoms with E-state index in [2.05, 4.69) is 41.5 Å². The van der Waals surface area contributed by atoms with E-state index in [9.17, 15) is 0 Å². The summed E-state index contributed by atoms with van der Waals surface area (Å²) in [4.78, 5) is 13.3. The van der Waals surface area contributed by atoms with E-state index in [1.165, 1.54) is 0 Å². The number of halogens is 1. The Kier molecular flexibility index (Phi) is 4.26. The number of aromatic nitrogens is 3. The van der Waals surface area contributed by atoms with Gasteiger partial charge in [0.2, 0.25) is 5.95 Å². The van der Waals surface area contributed by atoms with Gasteiger partial charge in [0.15, 0.2) is 0 Å². The highest BCUT2D eigenvalue weighted by Gasteiger charge is 2.05. The first-order chi connectivity index (χ1) is 12.3. The first kappa shape index (κ1) is 15.5. The van der Waals surface area contributed by atoms with E-state index in [0.29, 0.717) is 11.8 Å². The average molecular weight is 392 g/mol. The molecule has 4 rings (SSSR count). The highest BCUT2D eigenvalue weighted by atomic mass is 79.9. The summed E-state index contributed by atoms with van der Waals surface area (Å²) in [6.07, 6.45) is 3.49.